The number of rotatable bonds is 7. The molecule has 0 bridgehead atoms. The zero-order chi connectivity index (χ0) is 17.6. The van der Waals surface area contributed by atoms with Crippen LogP contribution in [-0.2, 0) is 16.1 Å². The van der Waals surface area contributed by atoms with Crippen LogP contribution in [-0.4, -0.2) is 50.8 Å². The molecule has 1 heterocycles. The third kappa shape index (κ3) is 5.34. The van der Waals surface area contributed by atoms with Crippen molar-refractivity contribution >= 4 is 29.1 Å². The molecule has 0 aliphatic carbocycles. The molecule has 1 unspecified atom stereocenters. The molecule has 1 fully saturated rings. The van der Waals surface area contributed by atoms with Gasteiger partial charge >= 0.3 is 0 Å². The van der Waals surface area contributed by atoms with Crippen LogP contribution < -0.4 is 10.1 Å². The summed E-state index contributed by atoms with van der Waals surface area (Å²) in [5.74, 6) is 0.942. The van der Waals surface area contributed by atoms with Crippen molar-refractivity contribution in [2.75, 3.05) is 33.9 Å². The summed E-state index contributed by atoms with van der Waals surface area (Å²) in [6.07, 6.45) is 2.46. The molecule has 1 saturated heterocycles. The minimum absolute atomic E-state index is 0. The molecule has 2 aromatic rings. The van der Waals surface area contributed by atoms with Gasteiger partial charge in [0.25, 0.3) is 0 Å². The Hall–Kier alpha value is -1.82. The summed E-state index contributed by atoms with van der Waals surface area (Å²) in [6.45, 7) is 2.54. The van der Waals surface area contributed by atoms with E-state index in [0.717, 1.165) is 48.1 Å². The predicted molar refractivity (Wildman–Crippen MR) is 106 cm³/mol. The van der Waals surface area contributed by atoms with Gasteiger partial charge in [-0.2, -0.15) is 0 Å². The van der Waals surface area contributed by atoms with Crippen molar-refractivity contribution in [2.45, 2.75) is 25.5 Å². The number of benzene rings is 2. The van der Waals surface area contributed by atoms with Crippen molar-refractivity contribution in [3.8, 4) is 5.75 Å². The van der Waals surface area contributed by atoms with Crippen molar-refractivity contribution in [3.63, 3.8) is 0 Å². The van der Waals surface area contributed by atoms with Gasteiger partial charge in [-0.05, 0) is 47.4 Å². The molecule has 142 valence electrons. The number of hydrogen-bond acceptors (Lipinski definition) is 4. The molecule has 6 heteroatoms. The second kappa shape index (κ2) is 9.76. The number of ether oxygens (including phenoxy) is 2. The van der Waals surface area contributed by atoms with Crippen LogP contribution in [0.25, 0.3) is 10.8 Å². The highest BCUT2D eigenvalue weighted by molar-refractivity contribution is 5.85. The zero-order valence-electron chi connectivity index (χ0n) is 15.4. The SMILES string of the molecule is COc1ccc2cc(CN(C)C(=O)CNCC3CCCO3)ccc2c1.Cl. The van der Waals surface area contributed by atoms with E-state index in [1.54, 1.807) is 12.0 Å². The predicted octanol–water partition coefficient (Wildman–Crippen LogP) is 3.00. The van der Waals surface area contributed by atoms with Crippen molar-refractivity contribution in [2.24, 2.45) is 0 Å². The highest BCUT2D eigenvalue weighted by Crippen LogP contribution is 2.22. The molecule has 0 aromatic heterocycles. The van der Waals surface area contributed by atoms with E-state index in [1.165, 1.54) is 0 Å². The quantitative estimate of drug-likeness (QED) is 0.804. The molecule has 1 atom stereocenters. The van der Waals surface area contributed by atoms with Gasteiger partial charge in [0.15, 0.2) is 0 Å². The minimum Gasteiger partial charge on any atom is -0.497 e. The lowest BCUT2D eigenvalue weighted by atomic mass is 10.1. The second-order valence-electron chi connectivity index (χ2n) is 6.56. The second-order valence-corrected chi connectivity index (χ2v) is 6.56. The number of fused-ring (bicyclic) bond motifs is 1. The van der Waals surface area contributed by atoms with Gasteiger partial charge in [-0.1, -0.05) is 18.2 Å². The highest BCUT2D eigenvalue weighted by Gasteiger charge is 2.16. The molecule has 1 aliphatic heterocycles. The van der Waals surface area contributed by atoms with E-state index in [4.69, 9.17) is 9.47 Å². The average molecular weight is 379 g/mol. The standard InChI is InChI=1S/C20H26N2O3.ClH/c1-22(20(23)13-21-12-19-4-3-9-25-19)14-15-5-6-17-11-18(24-2)8-7-16(17)10-15;/h5-8,10-11,19,21H,3-4,9,12-14H2,1-2H3;1H. The number of nitrogens with one attached hydrogen (secondary N) is 1. The Kier molecular flexibility index (Phi) is 7.69. The number of carbonyl (C=O) groups excluding carboxylic acids is 1. The fourth-order valence-corrected chi connectivity index (χ4v) is 3.14. The van der Waals surface area contributed by atoms with Gasteiger partial charge in [-0.15, -0.1) is 12.4 Å². The van der Waals surface area contributed by atoms with E-state index in [2.05, 4.69) is 23.5 Å². The Morgan fingerprint density at radius 3 is 2.77 bits per heavy atom. The van der Waals surface area contributed by atoms with E-state index in [9.17, 15) is 4.79 Å². The van der Waals surface area contributed by atoms with Crippen LogP contribution in [0, 0.1) is 0 Å². The van der Waals surface area contributed by atoms with Crippen molar-refractivity contribution in [1.29, 1.82) is 0 Å². The lowest BCUT2D eigenvalue weighted by Gasteiger charge is -2.19. The summed E-state index contributed by atoms with van der Waals surface area (Å²) in [4.78, 5) is 14.0. The van der Waals surface area contributed by atoms with E-state index < -0.39 is 0 Å². The van der Waals surface area contributed by atoms with E-state index >= 15 is 0 Å². The van der Waals surface area contributed by atoms with Crippen LogP contribution in [0.4, 0.5) is 0 Å². The topological polar surface area (TPSA) is 50.8 Å². The molecule has 26 heavy (non-hydrogen) atoms. The molecular formula is C20H27ClN2O3. The Balaban J connectivity index is 0.00000243. The minimum atomic E-state index is 0. The number of hydrogen-bond donors (Lipinski definition) is 1. The first-order chi connectivity index (χ1) is 12.2. The first kappa shape index (κ1) is 20.5. The largest absolute Gasteiger partial charge is 0.497 e. The van der Waals surface area contributed by atoms with Gasteiger partial charge in [0.2, 0.25) is 5.91 Å². The molecule has 1 aliphatic rings. The van der Waals surface area contributed by atoms with Gasteiger partial charge in [0.1, 0.15) is 5.75 Å². The normalized spacial score (nSPS) is 16.3. The molecule has 1 N–H and O–H groups in total. The van der Waals surface area contributed by atoms with Gasteiger partial charge in [-0.3, -0.25) is 4.79 Å². The van der Waals surface area contributed by atoms with Gasteiger partial charge in [-0.25, -0.2) is 0 Å². The van der Waals surface area contributed by atoms with Crippen LogP contribution in [0.15, 0.2) is 36.4 Å². The Labute approximate surface area is 161 Å². The summed E-state index contributed by atoms with van der Waals surface area (Å²) >= 11 is 0. The van der Waals surface area contributed by atoms with Gasteiger partial charge in [0.05, 0.1) is 19.8 Å². The molecule has 1 amide bonds. The Morgan fingerprint density at radius 2 is 2.04 bits per heavy atom. The van der Waals surface area contributed by atoms with E-state index in [-0.39, 0.29) is 24.4 Å². The maximum Gasteiger partial charge on any atom is 0.236 e. The summed E-state index contributed by atoms with van der Waals surface area (Å²) in [5, 5.41) is 5.49. The van der Waals surface area contributed by atoms with Gasteiger partial charge in [0, 0.05) is 26.7 Å². The van der Waals surface area contributed by atoms with Gasteiger partial charge < -0.3 is 19.7 Å². The van der Waals surface area contributed by atoms with Crippen molar-refractivity contribution in [3.05, 3.63) is 42.0 Å². The maximum absolute atomic E-state index is 12.3. The Bertz CT molecular complexity index is 732. The van der Waals surface area contributed by atoms with Crippen LogP contribution in [0.5, 0.6) is 5.75 Å². The van der Waals surface area contributed by atoms with Crippen LogP contribution >= 0.6 is 12.4 Å². The number of halogens is 1. The number of nitrogens with zero attached hydrogens (tertiary/aromatic N) is 1. The van der Waals surface area contributed by atoms with E-state index in [1.807, 2.05) is 25.2 Å². The summed E-state index contributed by atoms with van der Waals surface area (Å²) < 4.78 is 10.8. The molecular weight excluding hydrogens is 352 g/mol. The lowest BCUT2D eigenvalue weighted by Crippen LogP contribution is -2.38. The summed E-state index contributed by atoms with van der Waals surface area (Å²) in [6, 6.07) is 12.3. The van der Waals surface area contributed by atoms with E-state index in [0.29, 0.717) is 13.1 Å². The summed E-state index contributed by atoms with van der Waals surface area (Å²) in [5.41, 5.74) is 1.12. The smallest absolute Gasteiger partial charge is 0.236 e. The fourth-order valence-electron chi connectivity index (χ4n) is 3.14. The maximum atomic E-state index is 12.3. The molecule has 0 radical (unpaired) electrons. The van der Waals surface area contributed by atoms with Crippen LogP contribution in [0.2, 0.25) is 0 Å². The number of likely N-dealkylation sites (N-methyl/N-ethyl adjacent to an activating group) is 1. The molecule has 2 aromatic carbocycles. The summed E-state index contributed by atoms with van der Waals surface area (Å²) in [7, 11) is 3.51. The molecule has 3 rings (SSSR count). The van der Waals surface area contributed by atoms with Crippen LogP contribution in [0.3, 0.4) is 0 Å². The third-order valence-corrected chi connectivity index (χ3v) is 4.63. The first-order valence-corrected chi connectivity index (χ1v) is 8.78. The first-order valence-electron chi connectivity index (χ1n) is 8.78. The molecule has 0 spiro atoms. The molecule has 0 saturated carbocycles. The average Bonchev–Trinajstić information content (AvgIpc) is 3.14. The highest BCUT2D eigenvalue weighted by atomic mass is 35.5. The molecule has 5 nitrogen and oxygen atoms in total. The van der Waals surface area contributed by atoms with Crippen molar-refractivity contribution < 1.29 is 14.3 Å². The fraction of sp³-hybridized carbons (Fsp3) is 0.450. The van der Waals surface area contributed by atoms with Crippen LogP contribution in [0.1, 0.15) is 18.4 Å². The lowest BCUT2D eigenvalue weighted by molar-refractivity contribution is -0.129. The number of amides is 1. The number of carbonyl (C=O) groups is 1. The monoisotopic (exact) mass is 378 g/mol. The number of methoxy groups -OCH3 is 1. The van der Waals surface area contributed by atoms with Crippen molar-refractivity contribution in [1.82, 2.24) is 10.2 Å². The zero-order valence-corrected chi connectivity index (χ0v) is 16.2. The Morgan fingerprint density at radius 1 is 1.27 bits per heavy atom. The third-order valence-electron chi connectivity index (χ3n) is 4.63.